The Kier molecular flexibility index (Phi) is 3.74. The molecule has 0 radical (unpaired) electrons. The van der Waals surface area contributed by atoms with Crippen molar-refractivity contribution in [1.82, 2.24) is 9.55 Å². The first-order valence-corrected chi connectivity index (χ1v) is 8.23. The van der Waals surface area contributed by atoms with Gasteiger partial charge in [-0.25, -0.2) is 4.98 Å². The van der Waals surface area contributed by atoms with E-state index >= 15 is 0 Å². The molecule has 3 aromatic rings. The predicted octanol–water partition coefficient (Wildman–Crippen LogP) is 1.90. The zero-order chi connectivity index (χ0) is 15.7. The Bertz CT molecular complexity index is 852. The van der Waals surface area contributed by atoms with Crippen molar-refractivity contribution in [3.05, 3.63) is 54.4 Å². The maximum atomic E-state index is 11.2. The van der Waals surface area contributed by atoms with Gasteiger partial charge in [0, 0.05) is 6.54 Å². The van der Waals surface area contributed by atoms with Crippen molar-refractivity contribution >= 4 is 23.9 Å². The highest BCUT2D eigenvalue weighted by Gasteiger charge is 2.16. The molecule has 2 N–H and O–H groups in total. The van der Waals surface area contributed by atoms with Crippen LogP contribution in [0.3, 0.4) is 0 Å². The van der Waals surface area contributed by atoms with Crippen molar-refractivity contribution in [2.24, 2.45) is 0 Å². The van der Waals surface area contributed by atoms with Crippen LogP contribution in [0.4, 0.5) is 0 Å². The zero-order valence-corrected chi connectivity index (χ0v) is 12.8. The number of fused-ring (bicyclic) bond motifs is 1. The van der Waals surface area contributed by atoms with Crippen LogP contribution in [0.2, 0.25) is 0 Å². The standard InChI is InChI=1S/C15H15N2O4P/c1-21-14-4-2-3-13-15(14)17(10-16-13)9-11-5-7-12(8-6-11)22(18,19)20/h2-8,10H,9H2,1H3,(H2,18,19,20). The van der Waals surface area contributed by atoms with Gasteiger partial charge in [-0.1, -0.05) is 18.2 Å². The van der Waals surface area contributed by atoms with Crippen LogP contribution in [0.25, 0.3) is 11.0 Å². The number of nitrogens with zero attached hydrogens (tertiary/aromatic N) is 2. The van der Waals surface area contributed by atoms with Crippen LogP contribution >= 0.6 is 7.60 Å². The molecule has 1 heterocycles. The van der Waals surface area contributed by atoms with Crippen LogP contribution in [0.1, 0.15) is 5.56 Å². The Morgan fingerprint density at radius 2 is 1.91 bits per heavy atom. The molecule has 0 spiro atoms. The van der Waals surface area contributed by atoms with Gasteiger partial charge in [0.1, 0.15) is 11.3 Å². The Balaban J connectivity index is 1.95. The molecule has 22 heavy (non-hydrogen) atoms. The van der Waals surface area contributed by atoms with Crippen LogP contribution < -0.4 is 10.0 Å². The molecule has 0 bridgehead atoms. The Labute approximate surface area is 127 Å². The predicted molar refractivity (Wildman–Crippen MR) is 83.5 cm³/mol. The van der Waals surface area contributed by atoms with Crippen molar-refractivity contribution in [3.8, 4) is 5.75 Å². The summed E-state index contributed by atoms with van der Waals surface area (Å²) >= 11 is 0. The molecule has 114 valence electrons. The van der Waals surface area contributed by atoms with Gasteiger partial charge in [-0.15, -0.1) is 0 Å². The van der Waals surface area contributed by atoms with E-state index in [-0.39, 0.29) is 5.30 Å². The summed E-state index contributed by atoms with van der Waals surface area (Å²) in [6, 6.07) is 12.0. The van der Waals surface area contributed by atoms with Crippen molar-refractivity contribution < 1.29 is 19.1 Å². The largest absolute Gasteiger partial charge is 0.494 e. The molecule has 1 aromatic heterocycles. The lowest BCUT2D eigenvalue weighted by Gasteiger charge is -2.09. The summed E-state index contributed by atoms with van der Waals surface area (Å²) in [5.41, 5.74) is 2.65. The van der Waals surface area contributed by atoms with Crippen LogP contribution in [-0.2, 0) is 11.1 Å². The van der Waals surface area contributed by atoms with Crippen LogP contribution in [0.15, 0.2) is 48.8 Å². The third-order valence-corrected chi connectivity index (χ3v) is 4.42. The summed E-state index contributed by atoms with van der Waals surface area (Å²) in [4.78, 5) is 22.6. The maximum absolute atomic E-state index is 11.2. The molecule has 0 aliphatic carbocycles. The number of benzene rings is 2. The lowest BCUT2D eigenvalue weighted by molar-refractivity contribution is 0.387. The van der Waals surface area contributed by atoms with Crippen molar-refractivity contribution in [2.45, 2.75) is 6.54 Å². The SMILES string of the molecule is COc1cccc2ncn(Cc3ccc(P(=O)(O)O)cc3)c12. The number of para-hydroxylation sites is 1. The molecular formula is C15H15N2O4P. The highest BCUT2D eigenvalue weighted by Crippen LogP contribution is 2.33. The van der Waals surface area contributed by atoms with E-state index in [4.69, 9.17) is 14.5 Å². The number of aromatic nitrogens is 2. The number of hydrogen-bond donors (Lipinski definition) is 2. The average Bonchev–Trinajstić information content (AvgIpc) is 2.90. The second-order valence-corrected chi connectivity index (χ2v) is 6.52. The average molecular weight is 318 g/mol. The molecule has 0 atom stereocenters. The number of hydrogen-bond acceptors (Lipinski definition) is 3. The fourth-order valence-corrected chi connectivity index (χ4v) is 2.91. The Morgan fingerprint density at radius 1 is 1.18 bits per heavy atom. The molecule has 0 saturated carbocycles. The summed E-state index contributed by atoms with van der Waals surface area (Å²) in [7, 11) is -2.59. The monoisotopic (exact) mass is 318 g/mol. The van der Waals surface area contributed by atoms with E-state index < -0.39 is 7.60 Å². The van der Waals surface area contributed by atoms with E-state index in [1.807, 2.05) is 22.8 Å². The van der Waals surface area contributed by atoms with Gasteiger partial charge in [-0.3, -0.25) is 4.57 Å². The molecule has 0 aliphatic rings. The fourth-order valence-electron chi connectivity index (χ4n) is 2.37. The van der Waals surface area contributed by atoms with E-state index in [9.17, 15) is 4.57 Å². The summed E-state index contributed by atoms with van der Waals surface area (Å²) in [5.74, 6) is 0.738. The van der Waals surface area contributed by atoms with Gasteiger partial charge in [-0.05, 0) is 29.8 Å². The third kappa shape index (κ3) is 2.76. The molecule has 2 aromatic carbocycles. The first-order valence-electron chi connectivity index (χ1n) is 6.62. The fraction of sp³-hybridized carbons (Fsp3) is 0.133. The summed E-state index contributed by atoms with van der Waals surface area (Å²) in [6.07, 6.45) is 1.73. The molecule has 6 nitrogen and oxygen atoms in total. The highest BCUT2D eigenvalue weighted by molar-refractivity contribution is 7.60. The van der Waals surface area contributed by atoms with Gasteiger partial charge in [0.25, 0.3) is 0 Å². The molecule has 0 fully saturated rings. The highest BCUT2D eigenvalue weighted by atomic mass is 31.2. The van der Waals surface area contributed by atoms with E-state index in [1.165, 1.54) is 12.1 Å². The number of ether oxygens (including phenoxy) is 1. The van der Waals surface area contributed by atoms with Gasteiger partial charge in [0.05, 0.1) is 24.3 Å². The smallest absolute Gasteiger partial charge is 0.356 e. The normalized spacial score (nSPS) is 11.8. The minimum absolute atomic E-state index is 0.0179. The van der Waals surface area contributed by atoms with E-state index in [0.717, 1.165) is 22.3 Å². The van der Waals surface area contributed by atoms with Gasteiger partial charge < -0.3 is 19.1 Å². The van der Waals surface area contributed by atoms with E-state index in [2.05, 4.69) is 4.98 Å². The number of rotatable bonds is 4. The molecule has 0 aliphatic heterocycles. The lowest BCUT2D eigenvalue weighted by atomic mass is 10.2. The first kappa shape index (κ1) is 14.8. The van der Waals surface area contributed by atoms with Gasteiger partial charge in [-0.2, -0.15) is 0 Å². The molecule has 3 rings (SSSR count). The molecule has 0 amide bonds. The van der Waals surface area contributed by atoms with Crippen LogP contribution in [0, 0.1) is 0 Å². The minimum Gasteiger partial charge on any atom is -0.494 e. The van der Waals surface area contributed by atoms with Crippen LogP contribution in [-0.4, -0.2) is 26.4 Å². The molecular weight excluding hydrogens is 303 g/mol. The number of imidazole rings is 1. The first-order chi connectivity index (χ1) is 10.5. The Morgan fingerprint density at radius 3 is 2.55 bits per heavy atom. The topological polar surface area (TPSA) is 84.6 Å². The van der Waals surface area contributed by atoms with Crippen molar-refractivity contribution in [1.29, 1.82) is 0 Å². The summed E-state index contributed by atoms with van der Waals surface area (Å²) < 4.78 is 18.5. The second-order valence-electron chi connectivity index (χ2n) is 4.91. The van der Waals surface area contributed by atoms with Crippen molar-refractivity contribution in [2.75, 3.05) is 7.11 Å². The molecule has 7 heteroatoms. The third-order valence-electron chi connectivity index (χ3n) is 3.45. The summed E-state index contributed by atoms with van der Waals surface area (Å²) in [6.45, 7) is 0.540. The van der Waals surface area contributed by atoms with E-state index in [1.54, 1.807) is 25.6 Å². The lowest BCUT2D eigenvalue weighted by Crippen LogP contribution is -2.05. The summed E-state index contributed by atoms with van der Waals surface area (Å²) in [5, 5.41) is 0.0179. The Hall–Kier alpha value is -2.14. The molecule has 0 saturated heterocycles. The second kappa shape index (κ2) is 5.57. The number of methoxy groups -OCH3 is 1. The van der Waals surface area contributed by atoms with Crippen LogP contribution in [0.5, 0.6) is 5.75 Å². The maximum Gasteiger partial charge on any atom is 0.356 e. The van der Waals surface area contributed by atoms with Gasteiger partial charge >= 0.3 is 7.60 Å². The van der Waals surface area contributed by atoms with Crippen molar-refractivity contribution in [3.63, 3.8) is 0 Å². The molecule has 0 unspecified atom stereocenters. The minimum atomic E-state index is -4.20. The quantitative estimate of drug-likeness (QED) is 0.718. The van der Waals surface area contributed by atoms with Gasteiger partial charge in [0.15, 0.2) is 0 Å². The zero-order valence-electron chi connectivity index (χ0n) is 11.9. The van der Waals surface area contributed by atoms with E-state index in [0.29, 0.717) is 6.54 Å². The van der Waals surface area contributed by atoms with Gasteiger partial charge in [0.2, 0.25) is 0 Å².